The molecule has 0 aromatic heterocycles. The van der Waals surface area contributed by atoms with E-state index in [9.17, 15) is 0 Å². The molecule has 0 unspecified atom stereocenters. The molecule has 1 rings (SSSR count). The smallest absolute Gasteiger partial charge is 0.0645 e. The molecule has 0 aliphatic heterocycles. The summed E-state index contributed by atoms with van der Waals surface area (Å²) in [5.74, 6) is 5.97. The Morgan fingerprint density at radius 3 is 2.62 bits per heavy atom. The fraction of sp³-hybridized carbons (Fsp3) is 0.167. The summed E-state index contributed by atoms with van der Waals surface area (Å²) in [7, 11) is 0. The number of rotatable bonds is 2. The van der Waals surface area contributed by atoms with Crippen molar-refractivity contribution in [3.05, 3.63) is 42.0 Å². The lowest BCUT2D eigenvalue weighted by Crippen LogP contribution is -1.68. The van der Waals surface area contributed by atoms with Gasteiger partial charge in [0.2, 0.25) is 0 Å². The van der Waals surface area contributed by atoms with Crippen LogP contribution >= 0.6 is 15.9 Å². The number of alkyl halides is 1. The van der Waals surface area contributed by atoms with Gasteiger partial charge < -0.3 is 0 Å². The lowest BCUT2D eigenvalue weighted by Gasteiger charge is -1.88. The summed E-state index contributed by atoms with van der Waals surface area (Å²) in [5.41, 5.74) is 1.23. The van der Waals surface area contributed by atoms with Crippen molar-refractivity contribution >= 4 is 22.0 Å². The second-order valence-electron chi connectivity index (χ2n) is 2.50. The van der Waals surface area contributed by atoms with Crippen LogP contribution in [0.4, 0.5) is 0 Å². The maximum absolute atomic E-state index is 3.25. The maximum atomic E-state index is 3.25. The van der Waals surface area contributed by atoms with Gasteiger partial charge in [-0.2, -0.15) is 0 Å². The maximum Gasteiger partial charge on any atom is 0.0645 e. The van der Waals surface area contributed by atoms with Crippen LogP contribution in [0.1, 0.15) is 12.0 Å². The predicted octanol–water partition coefficient (Wildman–Crippen LogP) is 3.49. The van der Waals surface area contributed by atoms with Crippen molar-refractivity contribution < 1.29 is 0 Å². The fourth-order valence-electron chi connectivity index (χ4n) is 0.937. The van der Waals surface area contributed by atoms with Gasteiger partial charge in [0.25, 0.3) is 0 Å². The molecule has 13 heavy (non-hydrogen) atoms. The van der Waals surface area contributed by atoms with Gasteiger partial charge in [0.05, 0.1) is 5.33 Å². The summed E-state index contributed by atoms with van der Waals surface area (Å²) in [6, 6.07) is 10.2. The van der Waals surface area contributed by atoms with Crippen LogP contribution in [-0.4, -0.2) is 5.33 Å². The van der Waals surface area contributed by atoms with Crippen LogP contribution in [0.25, 0.3) is 6.08 Å². The fourth-order valence-corrected chi connectivity index (χ4v) is 1.14. The van der Waals surface area contributed by atoms with E-state index in [2.05, 4.69) is 52.1 Å². The van der Waals surface area contributed by atoms with E-state index in [1.807, 2.05) is 18.2 Å². The molecule has 0 nitrogen and oxygen atoms in total. The molecule has 0 radical (unpaired) electrons. The lowest BCUT2D eigenvalue weighted by atomic mass is 10.2. The predicted molar refractivity (Wildman–Crippen MR) is 61.7 cm³/mol. The summed E-state index contributed by atoms with van der Waals surface area (Å²) in [6.45, 7) is 0. The molecule has 0 saturated carbocycles. The normalized spacial score (nSPS) is 9.62. The topological polar surface area (TPSA) is 0 Å². The summed E-state index contributed by atoms with van der Waals surface area (Å²) < 4.78 is 0. The molecule has 0 amide bonds. The van der Waals surface area contributed by atoms with Crippen molar-refractivity contribution in [2.45, 2.75) is 6.42 Å². The molecule has 0 bridgehead atoms. The first kappa shape index (κ1) is 10.1. The van der Waals surface area contributed by atoms with Gasteiger partial charge in [0.15, 0.2) is 0 Å². The highest BCUT2D eigenvalue weighted by atomic mass is 79.9. The van der Waals surface area contributed by atoms with E-state index < -0.39 is 0 Å². The third kappa shape index (κ3) is 4.55. The highest BCUT2D eigenvalue weighted by molar-refractivity contribution is 9.09. The minimum atomic E-state index is 0.756. The number of benzene rings is 1. The number of hydrogen-bond donors (Lipinski definition) is 0. The monoisotopic (exact) mass is 234 g/mol. The Bertz CT molecular complexity index is 314. The molecular weight excluding hydrogens is 224 g/mol. The highest BCUT2D eigenvalue weighted by Crippen LogP contribution is 2.01. The van der Waals surface area contributed by atoms with Gasteiger partial charge in [-0.05, 0) is 5.56 Å². The molecule has 0 atom stereocenters. The molecule has 0 saturated heterocycles. The quantitative estimate of drug-likeness (QED) is 0.543. The standard InChI is InChI=1S/C12H11Br/c13-11-7-2-1-4-8-12-9-5-3-6-10-12/h3-6,8-10H,1,11H2/b8-4+. The molecule has 0 spiro atoms. The van der Waals surface area contributed by atoms with Crippen molar-refractivity contribution in [1.82, 2.24) is 0 Å². The number of halogens is 1. The SMILES string of the molecule is BrCC#CC/C=C/c1ccccc1. The van der Waals surface area contributed by atoms with Crippen LogP contribution in [0.3, 0.4) is 0 Å². The largest absolute Gasteiger partial charge is 0.0983 e. The summed E-state index contributed by atoms with van der Waals surface area (Å²) >= 11 is 3.25. The van der Waals surface area contributed by atoms with Crippen LogP contribution < -0.4 is 0 Å². The first-order valence-corrected chi connectivity index (χ1v) is 5.29. The van der Waals surface area contributed by atoms with E-state index in [1.165, 1.54) is 5.56 Å². The molecule has 0 N–H and O–H groups in total. The molecular formula is C12H11Br. The van der Waals surface area contributed by atoms with E-state index in [0.717, 1.165) is 11.8 Å². The van der Waals surface area contributed by atoms with Crippen molar-refractivity contribution in [2.75, 3.05) is 5.33 Å². The van der Waals surface area contributed by atoms with E-state index in [0.29, 0.717) is 0 Å². The summed E-state index contributed by atoms with van der Waals surface area (Å²) in [5, 5.41) is 0.756. The first-order chi connectivity index (χ1) is 6.43. The van der Waals surface area contributed by atoms with Gasteiger partial charge >= 0.3 is 0 Å². The van der Waals surface area contributed by atoms with Gasteiger partial charge in [0.1, 0.15) is 0 Å². The zero-order valence-electron chi connectivity index (χ0n) is 7.33. The van der Waals surface area contributed by atoms with E-state index in [-0.39, 0.29) is 0 Å². The summed E-state index contributed by atoms with van der Waals surface area (Å²) in [6.07, 6.45) is 4.98. The van der Waals surface area contributed by atoms with Gasteiger partial charge in [0, 0.05) is 6.42 Å². The van der Waals surface area contributed by atoms with Crippen molar-refractivity contribution in [3.63, 3.8) is 0 Å². The molecule has 1 heteroatoms. The Balaban J connectivity index is 2.41. The van der Waals surface area contributed by atoms with Gasteiger partial charge in [-0.1, -0.05) is 70.3 Å². The molecule has 0 aliphatic carbocycles. The Morgan fingerprint density at radius 2 is 1.92 bits per heavy atom. The second kappa shape index (κ2) is 6.51. The lowest BCUT2D eigenvalue weighted by molar-refractivity contribution is 1.48. The molecule has 0 heterocycles. The van der Waals surface area contributed by atoms with E-state index in [4.69, 9.17) is 0 Å². The molecule has 0 aliphatic rings. The zero-order chi connectivity index (χ0) is 9.36. The third-order valence-electron chi connectivity index (χ3n) is 1.52. The van der Waals surface area contributed by atoms with Gasteiger partial charge in [-0.25, -0.2) is 0 Å². The van der Waals surface area contributed by atoms with Crippen LogP contribution in [-0.2, 0) is 0 Å². The van der Waals surface area contributed by atoms with Crippen LogP contribution in [0.5, 0.6) is 0 Å². The number of hydrogen-bond acceptors (Lipinski definition) is 0. The van der Waals surface area contributed by atoms with Gasteiger partial charge in [-0.15, -0.1) is 0 Å². The zero-order valence-corrected chi connectivity index (χ0v) is 8.92. The van der Waals surface area contributed by atoms with Gasteiger partial charge in [-0.3, -0.25) is 0 Å². The minimum absolute atomic E-state index is 0.756. The second-order valence-corrected chi connectivity index (χ2v) is 3.07. The van der Waals surface area contributed by atoms with Crippen molar-refractivity contribution in [3.8, 4) is 11.8 Å². The molecule has 66 valence electrons. The van der Waals surface area contributed by atoms with Crippen molar-refractivity contribution in [2.24, 2.45) is 0 Å². The molecule has 1 aromatic rings. The molecule has 0 fully saturated rings. The van der Waals surface area contributed by atoms with E-state index in [1.54, 1.807) is 0 Å². The third-order valence-corrected chi connectivity index (χ3v) is 1.80. The first-order valence-electron chi connectivity index (χ1n) is 4.17. The Labute approximate surface area is 87.8 Å². The summed E-state index contributed by atoms with van der Waals surface area (Å²) in [4.78, 5) is 0. The van der Waals surface area contributed by atoms with Crippen LogP contribution in [0.2, 0.25) is 0 Å². The average Bonchev–Trinajstić information content (AvgIpc) is 2.19. The van der Waals surface area contributed by atoms with E-state index >= 15 is 0 Å². The Hall–Kier alpha value is -1.00. The van der Waals surface area contributed by atoms with Crippen molar-refractivity contribution in [1.29, 1.82) is 0 Å². The average molecular weight is 235 g/mol. The molecule has 1 aromatic carbocycles. The Morgan fingerprint density at radius 1 is 1.15 bits per heavy atom. The minimum Gasteiger partial charge on any atom is -0.0983 e. The van der Waals surface area contributed by atoms with Crippen LogP contribution in [0.15, 0.2) is 36.4 Å². The Kier molecular flexibility index (Phi) is 5.05. The number of allylic oxidation sites excluding steroid dienone is 1. The van der Waals surface area contributed by atoms with Crippen LogP contribution in [0, 0.1) is 11.8 Å². The highest BCUT2D eigenvalue weighted by Gasteiger charge is 1.80.